The topological polar surface area (TPSA) is 38.7 Å². The standard InChI is InChI=1S/C15H12BrN3/c1-10-18-12(9-15(16)19-10)8-11-6-7-17-14-5-3-2-4-13(11)14/h2-7,9H,8H2,1H3. The minimum absolute atomic E-state index is 0.780. The molecule has 4 heteroatoms. The van der Waals surface area contributed by atoms with Gasteiger partial charge in [-0.3, -0.25) is 4.98 Å². The van der Waals surface area contributed by atoms with E-state index in [-0.39, 0.29) is 0 Å². The van der Waals surface area contributed by atoms with Crippen LogP contribution in [0.1, 0.15) is 17.1 Å². The Labute approximate surface area is 119 Å². The van der Waals surface area contributed by atoms with Gasteiger partial charge in [0.25, 0.3) is 0 Å². The van der Waals surface area contributed by atoms with E-state index < -0.39 is 0 Å². The minimum atomic E-state index is 0.780. The summed E-state index contributed by atoms with van der Waals surface area (Å²) < 4.78 is 0.827. The van der Waals surface area contributed by atoms with Gasteiger partial charge in [0.2, 0.25) is 0 Å². The third kappa shape index (κ3) is 2.63. The Morgan fingerprint density at radius 2 is 1.95 bits per heavy atom. The van der Waals surface area contributed by atoms with Crippen molar-refractivity contribution < 1.29 is 0 Å². The van der Waals surface area contributed by atoms with Crippen LogP contribution in [-0.2, 0) is 6.42 Å². The minimum Gasteiger partial charge on any atom is -0.256 e. The van der Waals surface area contributed by atoms with E-state index in [0.717, 1.165) is 28.1 Å². The Kier molecular flexibility index (Phi) is 3.25. The Morgan fingerprint density at radius 1 is 1.11 bits per heavy atom. The molecule has 1 aromatic carbocycles. The monoisotopic (exact) mass is 313 g/mol. The number of benzene rings is 1. The molecule has 0 fully saturated rings. The molecule has 0 saturated heterocycles. The largest absolute Gasteiger partial charge is 0.256 e. The molecule has 0 aliphatic heterocycles. The number of aryl methyl sites for hydroxylation is 1. The van der Waals surface area contributed by atoms with E-state index in [9.17, 15) is 0 Å². The summed E-state index contributed by atoms with van der Waals surface area (Å²) in [6.45, 7) is 1.90. The van der Waals surface area contributed by atoms with Gasteiger partial charge in [-0.2, -0.15) is 0 Å². The van der Waals surface area contributed by atoms with Crippen molar-refractivity contribution in [3.8, 4) is 0 Å². The highest BCUT2D eigenvalue weighted by Crippen LogP contribution is 2.19. The maximum atomic E-state index is 4.47. The van der Waals surface area contributed by atoms with Crippen LogP contribution < -0.4 is 0 Å². The number of rotatable bonds is 2. The maximum Gasteiger partial charge on any atom is 0.126 e. The molecule has 3 rings (SSSR count). The molecule has 0 unspecified atom stereocenters. The van der Waals surface area contributed by atoms with Gasteiger partial charge in [0.1, 0.15) is 10.4 Å². The molecule has 0 aliphatic carbocycles. The SMILES string of the molecule is Cc1nc(Br)cc(Cc2ccnc3ccccc23)n1. The van der Waals surface area contributed by atoms with Crippen LogP contribution in [0.3, 0.4) is 0 Å². The zero-order chi connectivity index (χ0) is 13.2. The summed E-state index contributed by atoms with van der Waals surface area (Å²) in [4.78, 5) is 13.1. The van der Waals surface area contributed by atoms with Crippen molar-refractivity contribution in [3.63, 3.8) is 0 Å². The molecule has 19 heavy (non-hydrogen) atoms. The highest BCUT2D eigenvalue weighted by atomic mass is 79.9. The first-order valence-electron chi connectivity index (χ1n) is 6.05. The van der Waals surface area contributed by atoms with Crippen LogP contribution in [0.25, 0.3) is 10.9 Å². The smallest absolute Gasteiger partial charge is 0.126 e. The van der Waals surface area contributed by atoms with E-state index in [4.69, 9.17) is 0 Å². The number of hydrogen-bond donors (Lipinski definition) is 0. The van der Waals surface area contributed by atoms with Crippen molar-refractivity contribution in [2.24, 2.45) is 0 Å². The van der Waals surface area contributed by atoms with Gasteiger partial charge in [0, 0.05) is 23.7 Å². The van der Waals surface area contributed by atoms with Gasteiger partial charge in [-0.05, 0) is 46.6 Å². The number of hydrogen-bond acceptors (Lipinski definition) is 3. The average Bonchev–Trinajstić information content (AvgIpc) is 2.38. The van der Waals surface area contributed by atoms with Gasteiger partial charge in [0.15, 0.2) is 0 Å². The summed E-state index contributed by atoms with van der Waals surface area (Å²) in [6.07, 6.45) is 2.63. The van der Waals surface area contributed by atoms with Crippen LogP contribution in [0, 0.1) is 6.92 Å². The fraction of sp³-hybridized carbons (Fsp3) is 0.133. The van der Waals surface area contributed by atoms with Crippen molar-refractivity contribution >= 4 is 26.8 Å². The van der Waals surface area contributed by atoms with Crippen molar-refractivity contribution in [1.82, 2.24) is 15.0 Å². The maximum absolute atomic E-state index is 4.47. The Bertz CT molecular complexity index is 715. The number of pyridine rings is 1. The lowest BCUT2D eigenvalue weighted by Gasteiger charge is -2.06. The second kappa shape index (κ2) is 5.05. The predicted molar refractivity (Wildman–Crippen MR) is 79.0 cm³/mol. The van der Waals surface area contributed by atoms with Crippen LogP contribution >= 0.6 is 15.9 Å². The zero-order valence-electron chi connectivity index (χ0n) is 10.5. The molecule has 0 atom stereocenters. The van der Waals surface area contributed by atoms with Crippen LogP contribution in [0.5, 0.6) is 0 Å². The third-order valence-electron chi connectivity index (χ3n) is 2.97. The Hall–Kier alpha value is -1.81. The fourth-order valence-corrected chi connectivity index (χ4v) is 2.71. The molecule has 0 spiro atoms. The number of nitrogens with zero attached hydrogens (tertiary/aromatic N) is 3. The highest BCUT2D eigenvalue weighted by molar-refractivity contribution is 9.10. The molecular formula is C15H12BrN3. The van der Waals surface area contributed by atoms with Crippen molar-refractivity contribution in [2.75, 3.05) is 0 Å². The summed E-state index contributed by atoms with van der Waals surface area (Å²) in [5, 5.41) is 1.18. The molecule has 0 radical (unpaired) electrons. The lowest BCUT2D eigenvalue weighted by Crippen LogP contribution is -1.98. The van der Waals surface area contributed by atoms with E-state index >= 15 is 0 Å². The van der Waals surface area contributed by atoms with Gasteiger partial charge in [-0.15, -0.1) is 0 Å². The summed E-state index contributed by atoms with van der Waals surface area (Å²) in [5.74, 6) is 0.780. The van der Waals surface area contributed by atoms with E-state index in [1.54, 1.807) is 0 Å². The van der Waals surface area contributed by atoms with Crippen LogP contribution in [0.2, 0.25) is 0 Å². The summed E-state index contributed by atoms with van der Waals surface area (Å²) >= 11 is 3.41. The number of halogens is 1. The second-order valence-corrected chi connectivity index (χ2v) is 5.21. The first kappa shape index (κ1) is 12.2. The second-order valence-electron chi connectivity index (χ2n) is 4.39. The van der Waals surface area contributed by atoms with E-state index in [1.165, 1.54) is 10.9 Å². The van der Waals surface area contributed by atoms with Crippen LogP contribution in [0.15, 0.2) is 47.2 Å². The third-order valence-corrected chi connectivity index (χ3v) is 3.38. The Balaban J connectivity index is 2.05. The Morgan fingerprint density at radius 3 is 2.79 bits per heavy atom. The first-order chi connectivity index (χ1) is 9.22. The molecule has 0 amide bonds. The average molecular weight is 314 g/mol. The van der Waals surface area contributed by atoms with E-state index in [1.807, 2.05) is 43.5 Å². The molecule has 0 N–H and O–H groups in total. The summed E-state index contributed by atoms with van der Waals surface area (Å²) in [6, 6.07) is 12.2. The number of aromatic nitrogens is 3. The van der Waals surface area contributed by atoms with Crippen molar-refractivity contribution in [1.29, 1.82) is 0 Å². The van der Waals surface area contributed by atoms with Crippen molar-refractivity contribution in [2.45, 2.75) is 13.3 Å². The highest BCUT2D eigenvalue weighted by Gasteiger charge is 2.05. The molecule has 3 aromatic rings. The lowest BCUT2D eigenvalue weighted by molar-refractivity contribution is 0.956. The van der Waals surface area contributed by atoms with Crippen molar-refractivity contribution in [3.05, 3.63) is 64.3 Å². The molecule has 0 bridgehead atoms. The van der Waals surface area contributed by atoms with Crippen LogP contribution in [-0.4, -0.2) is 15.0 Å². The molecule has 2 heterocycles. The quantitative estimate of drug-likeness (QED) is 0.677. The molecule has 94 valence electrons. The van der Waals surface area contributed by atoms with Gasteiger partial charge in [0.05, 0.1) is 5.52 Å². The number of fused-ring (bicyclic) bond motifs is 1. The number of para-hydroxylation sites is 1. The summed E-state index contributed by atoms with van der Waals surface area (Å²) in [7, 11) is 0. The zero-order valence-corrected chi connectivity index (χ0v) is 12.1. The first-order valence-corrected chi connectivity index (χ1v) is 6.84. The van der Waals surface area contributed by atoms with E-state index in [2.05, 4.69) is 36.9 Å². The summed E-state index contributed by atoms with van der Waals surface area (Å²) in [5.41, 5.74) is 3.26. The predicted octanol–water partition coefficient (Wildman–Crippen LogP) is 3.69. The van der Waals surface area contributed by atoms with Gasteiger partial charge in [-0.25, -0.2) is 9.97 Å². The molecule has 2 aromatic heterocycles. The fourth-order valence-electron chi connectivity index (χ4n) is 2.18. The molecule has 0 aliphatic rings. The molecule has 3 nitrogen and oxygen atoms in total. The van der Waals surface area contributed by atoms with Gasteiger partial charge in [-0.1, -0.05) is 18.2 Å². The van der Waals surface area contributed by atoms with E-state index in [0.29, 0.717) is 0 Å². The molecule has 0 saturated carbocycles. The van der Waals surface area contributed by atoms with Gasteiger partial charge < -0.3 is 0 Å². The normalized spacial score (nSPS) is 10.8. The molecular weight excluding hydrogens is 302 g/mol. The lowest BCUT2D eigenvalue weighted by atomic mass is 10.0. The van der Waals surface area contributed by atoms with Crippen LogP contribution in [0.4, 0.5) is 0 Å². The van der Waals surface area contributed by atoms with Gasteiger partial charge >= 0.3 is 0 Å².